The van der Waals surface area contributed by atoms with Gasteiger partial charge in [0.1, 0.15) is 0 Å². The van der Waals surface area contributed by atoms with Gasteiger partial charge in [-0.2, -0.15) is 0 Å². The smallest absolute Gasteiger partial charge is 0.0249 e. The van der Waals surface area contributed by atoms with E-state index in [1.807, 2.05) is 6.20 Å². The molecule has 0 aromatic heterocycles. The highest BCUT2D eigenvalue weighted by atomic mass is 14.9. The standard InChI is InChI=1S/C9H11N/c1-7-3-2-4-8-5-6-10-9(7)8/h2-3,5-6,8,10H,4H2,1H3. The minimum Gasteiger partial charge on any atom is -0.365 e. The van der Waals surface area contributed by atoms with E-state index in [0.717, 1.165) is 6.42 Å². The zero-order valence-electron chi connectivity index (χ0n) is 6.09. The molecule has 52 valence electrons. The largest absolute Gasteiger partial charge is 0.365 e. The van der Waals surface area contributed by atoms with Crippen LogP contribution in [0.5, 0.6) is 0 Å². The number of rotatable bonds is 0. The van der Waals surface area contributed by atoms with Crippen LogP contribution in [0.25, 0.3) is 0 Å². The number of nitrogens with one attached hydrogen (secondary N) is 1. The van der Waals surface area contributed by atoms with E-state index in [0.29, 0.717) is 5.92 Å². The Morgan fingerprint density at radius 1 is 1.60 bits per heavy atom. The van der Waals surface area contributed by atoms with Crippen LogP contribution in [-0.2, 0) is 0 Å². The second-order valence-corrected chi connectivity index (χ2v) is 2.84. The van der Waals surface area contributed by atoms with Gasteiger partial charge < -0.3 is 5.32 Å². The van der Waals surface area contributed by atoms with E-state index >= 15 is 0 Å². The summed E-state index contributed by atoms with van der Waals surface area (Å²) in [5.74, 6) is 0.644. The van der Waals surface area contributed by atoms with E-state index in [4.69, 9.17) is 0 Å². The van der Waals surface area contributed by atoms with Crippen LogP contribution in [0.3, 0.4) is 0 Å². The number of hydrogen-bond acceptors (Lipinski definition) is 1. The molecule has 0 radical (unpaired) electrons. The normalized spacial score (nSPS) is 28.7. The maximum Gasteiger partial charge on any atom is 0.0249 e. The molecule has 2 aliphatic rings. The van der Waals surface area contributed by atoms with Crippen molar-refractivity contribution in [2.24, 2.45) is 5.92 Å². The van der Waals surface area contributed by atoms with Crippen molar-refractivity contribution < 1.29 is 0 Å². The molecule has 0 fully saturated rings. The van der Waals surface area contributed by atoms with Crippen LogP contribution in [0.1, 0.15) is 13.3 Å². The van der Waals surface area contributed by atoms with Crippen molar-refractivity contribution in [2.45, 2.75) is 13.3 Å². The van der Waals surface area contributed by atoms with Gasteiger partial charge in [-0.15, -0.1) is 0 Å². The highest BCUT2D eigenvalue weighted by Crippen LogP contribution is 2.27. The average molecular weight is 133 g/mol. The van der Waals surface area contributed by atoms with Crippen molar-refractivity contribution in [3.63, 3.8) is 0 Å². The molecule has 1 N–H and O–H groups in total. The molecule has 10 heavy (non-hydrogen) atoms. The molecule has 0 saturated heterocycles. The van der Waals surface area contributed by atoms with Crippen molar-refractivity contribution in [2.75, 3.05) is 0 Å². The fraction of sp³-hybridized carbons (Fsp3) is 0.333. The van der Waals surface area contributed by atoms with E-state index in [-0.39, 0.29) is 0 Å². The first kappa shape index (κ1) is 5.78. The molecule has 0 saturated carbocycles. The van der Waals surface area contributed by atoms with Crippen LogP contribution >= 0.6 is 0 Å². The SMILES string of the molecule is CC1=C2NC=CC2CC=C1. The van der Waals surface area contributed by atoms with Crippen LogP contribution in [0.15, 0.2) is 35.7 Å². The third kappa shape index (κ3) is 0.703. The molecule has 1 heteroatoms. The Labute approximate surface area is 61.1 Å². The first-order valence-corrected chi connectivity index (χ1v) is 3.68. The van der Waals surface area contributed by atoms with Gasteiger partial charge in [0.05, 0.1) is 0 Å². The third-order valence-corrected chi connectivity index (χ3v) is 2.12. The Bertz CT molecular complexity index is 233. The van der Waals surface area contributed by atoms with E-state index < -0.39 is 0 Å². The molecular formula is C9H11N. The lowest BCUT2D eigenvalue weighted by Crippen LogP contribution is -2.10. The molecule has 0 bridgehead atoms. The summed E-state index contributed by atoms with van der Waals surface area (Å²) in [7, 11) is 0. The highest BCUT2D eigenvalue weighted by Gasteiger charge is 2.17. The second-order valence-electron chi connectivity index (χ2n) is 2.84. The summed E-state index contributed by atoms with van der Waals surface area (Å²) in [4.78, 5) is 0. The Kier molecular flexibility index (Phi) is 1.16. The molecule has 1 aliphatic heterocycles. The summed E-state index contributed by atoms with van der Waals surface area (Å²) in [5.41, 5.74) is 2.77. The Morgan fingerprint density at radius 3 is 3.30 bits per heavy atom. The lowest BCUT2D eigenvalue weighted by atomic mass is 9.95. The van der Waals surface area contributed by atoms with Gasteiger partial charge in [-0.1, -0.05) is 18.2 Å². The Morgan fingerprint density at radius 2 is 2.50 bits per heavy atom. The molecule has 2 rings (SSSR count). The minimum atomic E-state index is 0.644. The monoisotopic (exact) mass is 133 g/mol. The summed E-state index contributed by atoms with van der Waals surface area (Å²) in [6, 6.07) is 0. The topological polar surface area (TPSA) is 12.0 Å². The van der Waals surface area contributed by atoms with Gasteiger partial charge in [-0.25, -0.2) is 0 Å². The molecule has 0 amide bonds. The summed E-state index contributed by atoms with van der Waals surface area (Å²) >= 11 is 0. The van der Waals surface area contributed by atoms with Crippen LogP contribution < -0.4 is 5.32 Å². The lowest BCUT2D eigenvalue weighted by molar-refractivity contribution is 0.742. The zero-order valence-corrected chi connectivity index (χ0v) is 6.09. The fourth-order valence-corrected chi connectivity index (χ4v) is 1.54. The van der Waals surface area contributed by atoms with Crippen LogP contribution in [0.4, 0.5) is 0 Å². The first-order chi connectivity index (χ1) is 4.88. The van der Waals surface area contributed by atoms with Gasteiger partial charge >= 0.3 is 0 Å². The summed E-state index contributed by atoms with van der Waals surface area (Å²) in [6.45, 7) is 2.15. The molecular weight excluding hydrogens is 122 g/mol. The van der Waals surface area contributed by atoms with Crippen LogP contribution in [0.2, 0.25) is 0 Å². The molecule has 1 heterocycles. The first-order valence-electron chi connectivity index (χ1n) is 3.68. The molecule has 0 spiro atoms. The molecule has 1 aliphatic carbocycles. The lowest BCUT2D eigenvalue weighted by Gasteiger charge is -2.15. The summed E-state index contributed by atoms with van der Waals surface area (Å²) in [5, 5.41) is 3.26. The van der Waals surface area contributed by atoms with Crippen molar-refractivity contribution in [3.8, 4) is 0 Å². The highest BCUT2D eigenvalue weighted by molar-refractivity contribution is 5.35. The summed E-state index contributed by atoms with van der Waals surface area (Å²) in [6.07, 6.45) is 9.85. The predicted octanol–water partition coefficient (Wildman–Crippen LogP) is 1.95. The van der Waals surface area contributed by atoms with E-state index in [1.54, 1.807) is 0 Å². The maximum absolute atomic E-state index is 3.26. The number of fused-ring (bicyclic) bond motifs is 1. The van der Waals surface area contributed by atoms with Crippen molar-refractivity contribution in [1.29, 1.82) is 0 Å². The van der Waals surface area contributed by atoms with E-state index in [1.165, 1.54) is 11.3 Å². The molecule has 1 nitrogen and oxygen atoms in total. The van der Waals surface area contributed by atoms with Crippen LogP contribution in [0, 0.1) is 5.92 Å². The Hall–Kier alpha value is -0.980. The van der Waals surface area contributed by atoms with E-state index in [2.05, 4.69) is 30.5 Å². The van der Waals surface area contributed by atoms with Crippen molar-refractivity contribution in [1.82, 2.24) is 5.32 Å². The predicted molar refractivity (Wildman–Crippen MR) is 42.2 cm³/mol. The van der Waals surface area contributed by atoms with Gasteiger partial charge in [0, 0.05) is 11.6 Å². The quantitative estimate of drug-likeness (QED) is 0.532. The fourth-order valence-electron chi connectivity index (χ4n) is 1.54. The maximum atomic E-state index is 3.26. The number of hydrogen-bond donors (Lipinski definition) is 1. The molecule has 1 atom stereocenters. The minimum absolute atomic E-state index is 0.644. The summed E-state index contributed by atoms with van der Waals surface area (Å²) < 4.78 is 0. The second kappa shape index (κ2) is 2.01. The van der Waals surface area contributed by atoms with Crippen molar-refractivity contribution >= 4 is 0 Å². The number of allylic oxidation sites excluding steroid dienone is 4. The van der Waals surface area contributed by atoms with E-state index in [9.17, 15) is 0 Å². The van der Waals surface area contributed by atoms with Gasteiger partial charge in [-0.3, -0.25) is 0 Å². The molecule has 0 aromatic carbocycles. The van der Waals surface area contributed by atoms with Crippen molar-refractivity contribution in [3.05, 3.63) is 35.7 Å². The molecule has 1 unspecified atom stereocenters. The Balaban J connectivity index is 2.38. The molecule has 0 aromatic rings. The van der Waals surface area contributed by atoms with Gasteiger partial charge in [0.25, 0.3) is 0 Å². The van der Waals surface area contributed by atoms with Gasteiger partial charge in [0.2, 0.25) is 0 Å². The average Bonchev–Trinajstić information content (AvgIpc) is 2.36. The van der Waals surface area contributed by atoms with Gasteiger partial charge in [-0.05, 0) is 25.1 Å². The van der Waals surface area contributed by atoms with Crippen LogP contribution in [-0.4, -0.2) is 0 Å². The zero-order chi connectivity index (χ0) is 6.97. The third-order valence-electron chi connectivity index (χ3n) is 2.12. The van der Waals surface area contributed by atoms with Gasteiger partial charge in [0.15, 0.2) is 0 Å².